The highest BCUT2D eigenvalue weighted by Crippen LogP contribution is 2.12. The SMILES string of the molecule is CCCC(C)CC(=O)CNCC(F)(F)F. The van der Waals surface area contributed by atoms with Gasteiger partial charge in [0.2, 0.25) is 0 Å². The Morgan fingerprint density at radius 2 is 2.00 bits per heavy atom. The monoisotopic (exact) mass is 225 g/mol. The molecule has 0 aromatic heterocycles. The van der Waals surface area contributed by atoms with Crippen LogP contribution in [0.4, 0.5) is 13.2 Å². The van der Waals surface area contributed by atoms with E-state index in [9.17, 15) is 18.0 Å². The molecule has 1 atom stereocenters. The van der Waals surface area contributed by atoms with Gasteiger partial charge < -0.3 is 5.32 Å². The molecule has 0 radical (unpaired) electrons. The minimum Gasteiger partial charge on any atom is -0.302 e. The lowest BCUT2D eigenvalue weighted by atomic mass is 10.00. The van der Waals surface area contributed by atoms with Gasteiger partial charge in [0.15, 0.2) is 0 Å². The molecule has 0 aliphatic rings. The Balaban J connectivity index is 3.58. The van der Waals surface area contributed by atoms with Crippen LogP contribution in [-0.2, 0) is 4.79 Å². The Bertz CT molecular complexity index is 192. The second kappa shape index (κ2) is 6.82. The highest BCUT2D eigenvalue weighted by Gasteiger charge is 2.26. The van der Waals surface area contributed by atoms with Crippen molar-refractivity contribution in [1.29, 1.82) is 0 Å². The molecule has 0 aliphatic carbocycles. The van der Waals surface area contributed by atoms with Crippen molar-refractivity contribution in [3.63, 3.8) is 0 Å². The normalized spacial score (nSPS) is 13.9. The lowest BCUT2D eigenvalue weighted by Crippen LogP contribution is -2.33. The van der Waals surface area contributed by atoms with Crippen molar-refractivity contribution >= 4 is 5.78 Å². The highest BCUT2D eigenvalue weighted by molar-refractivity contribution is 5.80. The summed E-state index contributed by atoms with van der Waals surface area (Å²) in [4.78, 5) is 11.2. The first-order valence-corrected chi connectivity index (χ1v) is 5.14. The van der Waals surface area contributed by atoms with Gasteiger partial charge in [-0.1, -0.05) is 26.7 Å². The molecule has 0 aliphatic heterocycles. The fourth-order valence-corrected chi connectivity index (χ4v) is 1.40. The van der Waals surface area contributed by atoms with Gasteiger partial charge in [-0.25, -0.2) is 0 Å². The largest absolute Gasteiger partial charge is 0.401 e. The van der Waals surface area contributed by atoms with Crippen LogP contribution in [0.2, 0.25) is 0 Å². The lowest BCUT2D eigenvalue weighted by molar-refractivity contribution is -0.128. The van der Waals surface area contributed by atoms with Crippen LogP contribution in [-0.4, -0.2) is 25.0 Å². The van der Waals surface area contributed by atoms with Crippen molar-refractivity contribution in [3.05, 3.63) is 0 Å². The molecule has 5 heteroatoms. The van der Waals surface area contributed by atoms with Crippen LogP contribution in [0, 0.1) is 5.92 Å². The molecular formula is C10H18F3NO. The molecule has 0 saturated heterocycles. The van der Waals surface area contributed by atoms with Crippen LogP contribution < -0.4 is 5.32 Å². The Morgan fingerprint density at radius 3 is 2.47 bits per heavy atom. The Labute approximate surface area is 88.2 Å². The van der Waals surface area contributed by atoms with E-state index in [4.69, 9.17) is 0 Å². The average molecular weight is 225 g/mol. The third-order valence-electron chi connectivity index (χ3n) is 2.01. The number of ketones is 1. The molecule has 0 aromatic carbocycles. The number of carbonyl (C=O) groups excluding carboxylic acids is 1. The van der Waals surface area contributed by atoms with Gasteiger partial charge in [-0.05, 0) is 5.92 Å². The van der Waals surface area contributed by atoms with E-state index >= 15 is 0 Å². The summed E-state index contributed by atoms with van der Waals surface area (Å²) < 4.78 is 35.1. The molecule has 15 heavy (non-hydrogen) atoms. The molecule has 1 N–H and O–H groups in total. The average Bonchev–Trinajstić information content (AvgIpc) is 2.01. The first-order chi connectivity index (χ1) is 6.85. The van der Waals surface area contributed by atoms with Gasteiger partial charge in [0.05, 0.1) is 13.1 Å². The van der Waals surface area contributed by atoms with Crippen molar-refractivity contribution in [2.75, 3.05) is 13.1 Å². The van der Waals surface area contributed by atoms with Crippen LogP contribution in [0.3, 0.4) is 0 Å². The predicted octanol–water partition coefficient (Wildman–Crippen LogP) is 2.53. The number of carbonyl (C=O) groups is 1. The molecule has 0 amide bonds. The topological polar surface area (TPSA) is 29.1 Å². The quantitative estimate of drug-likeness (QED) is 0.721. The van der Waals surface area contributed by atoms with Gasteiger partial charge in [0.1, 0.15) is 5.78 Å². The second-order valence-corrected chi connectivity index (χ2v) is 3.86. The Hall–Kier alpha value is -0.580. The van der Waals surface area contributed by atoms with Crippen LogP contribution in [0.15, 0.2) is 0 Å². The molecule has 0 bridgehead atoms. The van der Waals surface area contributed by atoms with Gasteiger partial charge in [0.25, 0.3) is 0 Å². The summed E-state index contributed by atoms with van der Waals surface area (Å²) >= 11 is 0. The highest BCUT2D eigenvalue weighted by atomic mass is 19.4. The Morgan fingerprint density at radius 1 is 1.40 bits per heavy atom. The maximum Gasteiger partial charge on any atom is 0.401 e. The molecule has 0 saturated carbocycles. The third kappa shape index (κ3) is 9.72. The lowest BCUT2D eigenvalue weighted by Gasteiger charge is -2.10. The van der Waals surface area contributed by atoms with Crippen molar-refractivity contribution in [3.8, 4) is 0 Å². The maximum atomic E-state index is 11.7. The van der Waals surface area contributed by atoms with Crippen LogP contribution in [0.1, 0.15) is 33.1 Å². The summed E-state index contributed by atoms with van der Waals surface area (Å²) in [5.41, 5.74) is 0. The molecule has 2 nitrogen and oxygen atoms in total. The molecule has 90 valence electrons. The molecule has 0 aromatic rings. The van der Waals surface area contributed by atoms with E-state index < -0.39 is 12.7 Å². The molecule has 0 spiro atoms. The van der Waals surface area contributed by atoms with Crippen molar-refractivity contribution in [2.24, 2.45) is 5.92 Å². The smallest absolute Gasteiger partial charge is 0.302 e. The second-order valence-electron chi connectivity index (χ2n) is 3.86. The summed E-state index contributed by atoms with van der Waals surface area (Å²) in [7, 11) is 0. The minimum absolute atomic E-state index is 0.153. The summed E-state index contributed by atoms with van der Waals surface area (Å²) in [5, 5.41) is 2.10. The van der Waals surface area contributed by atoms with Gasteiger partial charge in [0, 0.05) is 6.42 Å². The summed E-state index contributed by atoms with van der Waals surface area (Å²) in [6.07, 6.45) is -1.95. The molecular weight excluding hydrogens is 207 g/mol. The Kier molecular flexibility index (Phi) is 6.56. The maximum absolute atomic E-state index is 11.7. The third-order valence-corrected chi connectivity index (χ3v) is 2.01. The molecule has 0 fully saturated rings. The molecule has 0 rings (SSSR count). The summed E-state index contributed by atoms with van der Waals surface area (Å²) in [6.45, 7) is 2.67. The fourth-order valence-electron chi connectivity index (χ4n) is 1.40. The first kappa shape index (κ1) is 14.4. The van der Waals surface area contributed by atoms with Crippen LogP contribution >= 0.6 is 0 Å². The molecule has 0 heterocycles. The van der Waals surface area contributed by atoms with Crippen LogP contribution in [0.25, 0.3) is 0 Å². The number of alkyl halides is 3. The van der Waals surface area contributed by atoms with E-state index in [0.29, 0.717) is 6.42 Å². The standard InChI is InChI=1S/C10H18F3NO/c1-3-4-8(2)5-9(15)6-14-7-10(11,12)13/h8,14H,3-7H2,1-2H3. The fraction of sp³-hybridized carbons (Fsp3) is 0.900. The zero-order valence-corrected chi connectivity index (χ0v) is 9.16. The minimum atomic E-state index is -4.24. The molecule has 1 unspecified atom stereocenters. The number of nitrogens with one attached hydrogen (secondary N) is 1. The number of Topliss-reactive ketones (excluding diaryl/α,β-unsaturated/α-hetero) is 1. The van der Waals surface area contributed by atoms with E-state index in [1.165, 1.54) is 0 Å². The van der Waals surface area contributed by atoms with Gasteiger partial charge in [-0.15, -0.1) is 0 Å². The van der Waals surface area contributed by atoms with E-state index in [1.807, 2.05) is 13.8 Å². The zero-order valence-electron chi connectivity index (χ0n) is 9.16. The summed E-state index contributed by atoms with van der Waals surface area (Å²) in [5.74, 6) is 0.107. The van der Waals surface area contributed by atoms with Crippen molar-refractivity contribution in [1.82, 2.24) is 5.32 Å². The number of hydrogen-bond acceptors (Lipinski definition) is 2. The number of halogens is 3. The van der Waals surface area contributed by atoms with E-state index in [1.54, 1.807) is 0 Å². The predicted molar refractivity (Wildman–Crippen MR) is 52.6 cm³/mol. The van der Waals surface area contributed by atoms with E-state index in [-0.39, 0.29) is 18.2 Å². The van der Waals surface area contributed by atoms with Gasteiger partial charge in [-0.2, -0.15) is 13.2 Å². The van der Waals surface area contributed by atoms with Crippen molar-refractivity contribution < 1.29 is 18.0 Å². The van der Waals surface area contributed by atoms with Crippen LogP contribution in [0.5, 0.6) is 0 Å². The van der Waals surface area contributed by atoms with E-state index in [2.05, 4.69) is 5.32 Å². The number of rotatable bonds is 7. The number of hydrogen-bond donors (Lipinski definition) is 1. The van der Waals surface area contributed by atoms with Gasteiger partial charge >= 0.3 is 6.18 Å². The van der Waals surface area contributed by atoms with Gasteiger partial charge in [-0.3, -0.25) is 4.79 Å². The first-order valence-electron chi connectivity index (χ1n) is 5.14. The summed E-state index contributed by atoms with van der Waals surface area (Å²) in [6, 6.07) is 0. The zero-order chi connectivity index (χ0) is 11.9. The van der Waals surface area contributed by atoms with Crippen molar-refractivity contribution in [2.45, 2.75) is 39.3 Å². The van der Waals surface area contributed by atoms with E-state index in [0.717, 1.165) is 12.8 Å².